The van der Waals surface area contributed by atoms with Crippen molar-refractivity contribution < 1.29 is 4.74 Å². The van der Waals surface area contributed by atoms with Gasteiger partial charge in [0.05, 0.1) is 29.2 Å². The topological polar surface area (TPSA) is 84.0 Å². The van der Waals surface area contributed by atoms with E-state index in [2.05, 4.69) is 19.9 Å². The quantitative estimate of drug-likeness (QED) is 0.613. The van der Waals surface area contributed by atoms with Crippen molar-refractivity contribution in [2.45, 2.75) is 6.92 Å². The lowest BCUT2D eigenvalue weighted by Crippen LogP contribution is -2.21. The Kier molecular flexibility index (Phi) is 3.76. The van der Waals surface area contributed by atoms with Gasteiger partial charge in [0.25, 0.3) is 5.56 Å². The highest BCUT2D eigenvalue weighted by Gasteiger charge is 2.14. The van der Waals surface area contributed by atoms with Crippen molar-refractivity contribution in [3.8, 4) is 5.75 Å². The van der Waals surface area contributed by atoms with Crippen LogP contribution in [0.1, 0.15) is 5.69 Å². The number of fused-ring (bicyclic) bond motifs is 2. The average molecular weight is 347 g/mol. The van der Waals surface area contributed by atoms with Gasteiger partial charge in [-0.05, 0) is 37.3 Å². The van der Waals surface area contributed by atoms with Gasteiger partial charge in [0.1, 0.15) is 5.75 Å². The molecule has 0 saturated heterocycles. The number of anilines is 2. The van der Waals surface area contributed by atoms with Crippen LogP contribution in [0.15, 0.2) is 47.3 Å². The van der Waals surface area contributed by atoms with Crippen molar-refractivity contribution in [3.05, 3.63) is 58.5 Å². The van der Waals surface area contributed by atoms with E-state index in [1.807, 2.05) is 37.3 Å². The lowest BCUT2D eigenvalue weighted by atomic mass is 10.2. The van der Waals surface area contributed by atoms with Crippen LogP contribution in [-0.4, -0.2) is 34.1 Å². The van der Waals surface area contributed by atoms with Gasteiger partial charge in [0.2, 0.25) is 11.9 Å². The number of hydrogen-bond donors (Lipinski definition) is 1. The molecule has 0 unspecified atom stereocenters. The minimum atomic E-state index is -0.195. The monoisotopic (exact) mass is 347 g/mol. The van der Waals surface area contributed by atoms with Crippen molar-refractivity contribution in [2.24, 2.45) is 0 Å². The highest BCUT2D eigenvalue weighted by molar-refractivity contribution is 5.84. The molecule has 0 atom stereocenters. The molecule has 0 bridgehead atoms. The zero-order valence-electron chi connectivity index (χ0n) is 14.6. The van der Waals surface area contributed by atoms with Gasteiger partial charge in [-0.15, -0.1) is 0 Å². The Hall–Kier alpha value is -3.48. The molecule has 0 radical (unpaired) electrons. The molecule has 4 rings (SSSR count). The van der Waals surface area contributed by atoms with Gasteiger partial charge in [-0.3, -0.25) is 14.7 Å². The number of methoxy groups -OCH3 is 1. The molecule has 2 aromatic heterocycles. The summed E-state index contributed by atoms with van der Waals surface area (Å²) in [6.45, 7) is 1.91. The number of hydrogen-bond acceptors (Lipinski definition) is 6. The second-order valence-electron chi connectivity index (χ2n) is 5.96. The highest BCUT2D eigenvalue weighted by Crippen LogP contribution is 2.25. The lowest BCUT2D eigenvalue weighted by Gasteiger charge is -2.17. The van der Waals surface area contributed by atoms with Gasteiger partial charge in [0, 0.05) is 12.4 Å². The number of nitrogens with one attached hydrogen (secondary N) is 1. The molecule has 7 nitrogen and oxygen atoms in total. The second kappa shape index (κ2) is 6.11. The predicted molar refractivity (Wildman–Crippen MR) is 101 cm³/mol. The number of aromatic nitrogens is 4. The molecule has 0 aliphatic heterocycles. The first kappa shape index (κ1) is 16.0. The van der Waals surface area contributed by atoms with Crippen molar-refractivity contribution >= 4 is 33.7 Å². The molecular formula is C19H17N5O2. The minimum absolute atomic E-state index is 0.195. The number of nitrogens with zero attached hydrogens (tertiary/aromatic N) is 4. The van der Waals surface area contributed by atoms with Crippen LogP contribution in [-0.2, 0) is 0 Å². The Labute approximate surface area is 149 Å². The fourth-order valence-corrected chi connectivity index (χ4v) is 2.85. The molecule has 0 spiro atoms. The van der Waals surface area contributed by atoms with Crippen LogP contribution in [0.25, 0.3) is 21.8 Å². The van der Waals surface area contributed by atoms with E-state index in [1.54, 1.807) is 31.2 Å². The van der Waals surface area contributed by atoms with Crippen LogP contribution < -0.4 is 15.2 Å². The molecule has 130 valence electrons. The highest BCUT2D eigenvalue weighted by atomic mass is 16.5. The van der Waals surface area contributed by atoms with Gasteiger partial charge in [-0.2, -0.15) is 0 Å². The summed E-state index contributed by atoms with van der Waals surface area (Å²) in [6, 6.07) is 12.9. The molecule has 0 fully saturated rings. The lowest BCUT2D eigenvalue weighted by molar-refractivity contribution is 0.415. The summed E-state index contributed by atoms with van der Waals surface area (Å²) in [7, 11) is 3.40. The van der Waals surface area contributed by atoms with Crippen LogP contribution in [0.5, 0.6) is 5.75 Å². The molecule has 0 aliphatic carbocycles. The molecule has 0 amide bonds. The third-order valence-electron chi connectivity index (χ3n) is 4.30. The number of para-hydroxylation sites is 1. The second-order valence-corrected chi connectivity index (χ2v) is 5.96. The van der Waals surface area contributed by atoms with Crippen LogP contribution in [0, 0.1) is 6.92 Å². The fraction of sp³-hybridized carbons (Fsp3) is 0.158. The Bertz CT molecular complexity index is 1190. The Balaban J connectivity index is 1.83. The summed E-state index contributed by atoms with van der Waals surface area (Å²) in [4.78, 5) is 30.4. The average Bonchev–Trinajstić information content (AvgIpc) is 2.67. The van der Waals surface area contributed by atoms with E-state index in [0.29, 0.717) is 22.8 Å². The van der Waals surface area contributed by atoms with Crippen molar-refractivity contribution in [1.29, 1.82) is 0 Å². The maximum Gasteiger partial charge on any atom is 0.260 e. The van der Waals surface area contributed by atoms with Gasteiger partial charge in [-0.25, -0.2) is 15.0 Å². The number of benzene rings is 2. The number of aromatic amines is 1. The summed E-state index contributed by atoms with van der Waals surface area (Å²) < 4.78 is 5.26. The van der Waals surface area contributed by atoms with Crippen LogP contribution >= 0.6 is 0 Å². The van der Waals surface area contributed by atoms with Crippen LogP contribution in [0.3, 0.4) is 0 Å². The molecule has 0 aliphatic rings. The zero-order valence-corrected chi connectivity index (χ0v) is 14.6. The SMILES string of the molecule is COc1ccc2nc(N(C)c3nc4ccccc4c(=O)[nH]3)nc(C)c2c1. The zero-order chi connectivity index (χ0) is 18.3. The van der Waals surface area contributed by atoms with Crippen molar-refractivity contribution in [2.75, 3.05) is 19.1 Å². The molecule has 1 N–H and O–H groups in total. The number of H-pyrrole nitrogens is 1. The van der Waals surface area contributed by atoms with E-state index in [1.165, 1.54) is 0 Å². The maximum absolute atomic E-state index is 12.3. The first-order valence-electron chi connectivity index (χ1n) is 8.12. The van der Waals surface area contributed by atoms with Gasteiger partial charge >= 0.3 is 0 Å². The van der Waals surface area contributed by atoms with Crippen LogP contribution in [0.2, 0.25) is 0 Å². The third-order valence-corrected chi connectivity index (χ3v) is 4.30. The van der Waals surface area contributed by atoms with Gasteiger partial charge in [0.15, 0.2) is 0 Å². The summed E-state index contributed by atoms with van der Waals surface area (Å²) in [5.41, 5.74) is 2.04. The normalized spacial score (nSPS) is 11.0. The summed E-state index contributed by atoms with van der Waals surface area (Å²) in [5, 5.41) is 1.47. The van der Waals surface area contributed by atoms with E-state index in [-0.39, 0.29) is 5.56 Å². The minimum Gasteiger partial charge on any atom is -0.497 e. The fourth-order valence-electron chi connectivity index (χ4n) is 2.85. The molecule has 26 heavy (non-hydrogen) atoms. The largest absolute Gasteiger partial charge is 0.497 e. The summed E-state index contributed by atoms with van der Waals surface area (Å²) in [6.07, 6.45) is 0. The Morgan fingerprint density at radius 1 is 1.00 bits per heavy atom. The first-order chi connectivity index (χ1) is 12.6. The number of ether oxygens (including phenoxy) is 1. The molecule has 7 heteroatoms. The van der Waals surface area contributed by atoms with E-state index in [9.17, 15) is 4.79 Å². The molecule has 4 aromatic rings. The molecule has 2 aromatic carbocycles. The third kappa shape index (κ3) is 2.63. The van der Waals surface area contributed by atoms with Crippen molar-refractivity contribution in [3.63, 3.8) is 0 Å². The molecule has 0 saturated carbocycles. The first-order valence-corrected chi connectivity index (χ1v) is 8.12. The number of aryl methyl sites for hydroxylation is 1. The van der Waals surface area contributed by atoms with Crippen LogP contribution in [0.4, 0.5) is 11.9 Å². The maximum atomic E-state index is 12.3. The summed E-state index contributed by atoms with van der Waals surface area (Å²) in [5.74, 6) is 1.60. The standard InChI is InChI=1S/C19H17N5O2/c1-11-14-10-12(26-3)8-9-16(14)22-18(20-11)24(2)19-21-15-7-5-4-6-13(15)17(25)23-19/h4-10H,1-3H3,(H,21,23,25). The van der Waals surface area contributed by atoms with E-state index >= 15 is 0 Å². The van der Waals surface area contributed by atoms with Gasteiger partial charge in [-0.1, -0.05) is 12.1 Å². The Morgan fingerprint density at radius 2 is 1.77 bits per heavy atom. The van der Waals surface area contributed by atoms with E-state index in [0.717, 1.165) is 22.3 Å². The molecular weight excluding hydrogens is 330 g/mol. The Morgan fingerprint density at radius 3 is 2.58 bits per heavy atom. The van der Waals surface area contributed by atoms with Crippen molar-refractivity contribution in [1.82, 2.24) is 19.9 Å². The van der Waals surface area contributed by atoms with Gasteiger partial charge < -0.3 is 4.74 Å². The number of rotatable bonds is 3. The van der Waals surface area contributed by atoms with E-state index < -0.39 is 0 Å². The predicted octanol–water partition coefficient (Wildman–Crippen LogP) is 2.95. The smallest absolute Gasteiger partial charge is 0.260 e. The molecule has 2 heterocycles. The van der Waals surface area contributed by atoms with E-state index in [4.69, 9.17) is 4.74 Å². The summed E-state index contributed by atoms with van der Waals surface area (Å²) >= 11 is 0.